The number of rotatable bonds is 11. The van der Waals surface area contributed by atoms with Gasteiger partial charge in [0.15, 0.2) is 0 Å². The summed E-state index contributed by atoms with van der Waals surface area (Å²) in [5, 5.41) is 13.1. The van der Waals surface area contributed by atoms with E-state index in [1.165, 1.54) is 0 Å². The van der Waals surface area contributed by atoms with E-state index in [4.69, 9.17) is 31.2 Å². The smallest absolute Gasteiger partial charge is 0.368 e. The molecule has 3 amide bonds. The zero-order valence-corrected chi connectivity index (χ0v) is 15.7. The molecule has 0 aliphatic heterocycles. The van der Waals surface area contributed by atoms with Gasteiger partial charge in [-0.1, -0.05) is 0 Å². The number of hydrogen-bond donors (Lipinski definition) is 7. The lowest BCUT2D eigenvalue weighted by Crippen LogP contribution is -2.43. The van der Waals surface area contributed by atoms with Crippen molar-refractivity contribution < 1.29 is 43.4 Å². The highest BCUT2D eigenvalue weighted by Gasteiger charge is 2.58. The van der Waals surface area contributed by atoms with Crippen molar-refractivity contribution in [2.75, 3.05) is 25.5 Å². The van der Waals surface area contributed by atoms with Gasteiger partial charge in [-0.3, -0.25) is 13.9 Å². The van der Waals surface area contributed by atoms with E-state index in [0.717, 1.165) is 0 Å². The molecule has 7 N–H and O–H groups in total. The SMILES string of the molecule is O=NN(CCCl)C(=O)NCC(=O)NCCCC(O)(P(=O)(O)O)P(=O)(O)O. The van der Waals surface area contributed by atoms with E-state index >= 15 is 0 Å². The Bertz CT molecular complexity index is 585. The Hall–Kier alpha value is -1.11. The summed E-state index contributed by atoms with van der Waals surface area (Å²) in [6.07, 6.45) is -1.38. The Morgan fingerprint density at radius 1 is 1.12 bits per heavy atom. The molecule has 0 aromatic rings. The normalized spacial score (nSPS) is 12.4. The fourth-order valence-corrected chi connectivity index (χ4v) is 4.00. The summed E-state index contributed by atoms with van der Waals surface area (Å²) >= 11 is 5.34. The van der Waals surface area contributed by atoms with Crippen LogP contribution in [-0.2, 0) is 13.9 Å². The summed E-state index contributed by atoms with van der Waals surface area (Å²) in [6, 6.07) is -0.979. The van der Waals surface area contributed by atoms with Crippen molar-refractivity contribution >= 4 is 38.7 Å². The fraction of sp³-hybridized carbons (Fsp3) is 0.778. The number of alkyl halides is 1. The second-order valence-electron chi connectivity index (χ2n) is 4.87. The molecule has 0 radical (unpaired) electrons. The number of nitrogens with one attached hydrogen (secondary N) is 2. The number of amides is 3. The molecule has 14 nitrogen and oxygen atoms in total. The molecule has 26 heavy (non-hydrogen) atoms. The summed E-state index contributed by atoms with van der Waals surface area (Å²) in [7, 11) is -11.1. The van der Waals surface area contributed by atoms with Gasteiger partial charge >= 0.3 is 21.2 Å². The van der Waals surface area contributed by atoms with E-state index in [0.29, 0.717) is 5.01 Å². The average molecular weight is 441 g/mol. The van der Waals surface area contributed by atoms with Crippen LogP contribution in [0.1, 0.15) is 12.8 Å². The van der Waals surface area contributed by atoms with Crippen molar-refractivity contribution in [3.63, 3.8) is 0 Å². The Kier molecular flexibility index (Phi) is 9.84. The van der Waals surface area contributed by atoms with Gasteiger partial charge in [0.2, 0.25) is 5.91 Å². The lowest BCUT2D eigenvalue weighted by Gasteiger charge is -2.29. The highest BCUT2D eigenvalue weighted by Crippen LogP contribution is 2.69. The zero-order chi connectivity index (χ0) is 20.6. The third-order valence-electron chi connectivity index (χ3n) is 2.97. The molecule has 0 fully saturated rings. The summed E-state index contributed by atoms with van der Waals surface area (Å²) in [5.74, 6) is -0.834. The minimum Gasteiger partial charge on any atom is -0.368 e. The van der Waals surface area contributed by atoms with E-state index in [-0.39, 0.29) is 25.4 Å². The molecule has 0 aliphatic carbocycles. The molecule has 152 valence electrons. The van der Waals surface area contributed by atoms with E-state index in [1.54, 1.807) is 0 Å². The molecule has 17 heteroatoms. The van der Waals surface area contributed by atoms with Gasteiger partial charge in [-0.05, 0) is 6.42 Å². The number of aliphatic hydroxyl groups is 1. The Morgan fingerprint density at radius 2 is 1.65 bits per heavy atom. The Morgan fingerprint density at radius 3 is 2.08 bits per heavy atom. The fourth-order valence-electron chi connectivity index (χ4n) is 1.58. The van der Waals surface area contributed by atoms with Crippen molar-refractivity contribution in [2.24, 2.45) is 5.29 Å². The topological polar surface area (TPSA) is 226 Å². The van der Waals surface area contributed by atoms with Crippen molar-refractivity contribution in [3.05, 3.63) is 4.91 Å². The molecule has 0 aromatic carbocycles. The number of nitroso groups, excluding NO2 is 1. The molecule has 0 aliphatic rings. The van der Waals surface area contributed by atoms with Gasteiger partial charge in [-0.2, -0.15) is 5.01 Å². The minimum absolute atomic E-state index is 0.0621. The van der Waals surface area contributed by atoms with Crippen LogP contribution in [0.2, 0.25) is 0 Å². The van der Waals surface area contributed by atoms with E-state index < -0.39 is 45.2 Å². The van der Waals surface area contributed by atoms with E-state index in [1.807, 2.05) is 5.32 Å². The molecule has 0 saturated heterocycles. The number of hydrogen-bond acceptors (Lipinski definition) is 7. The van der Waals surface area contributed by atoms with Crippen LogP contribution in [-0.4, -0.2) is 72.2 Å². The molecular formula is C9H19ClN4O10P2. The molecule has 0 aromatic heterocycles. The minimum atomic E-state index is -5.55. The lowest BCUT2D eigenvalue weighted by atomic mass is 10.3. The second kappa shape index (κ2) is 10.3. The molecule has 0 spiro atoms. The third kappa shape index (κ3) is 7.25. The van der Waals surface area contributed by atoms with Crippen LogP contribution in [0.15, 0.2) is 5.29 Å². The van der Waals surface area contributed by atoms with Crippen LogP contribution >= 0.6 is 26.8 Å². The van der Waals surface area contributed by atoms with Crippen LogP contribution in [0.4, 0.5) is 4.79 Å². The standard InChI is InChI=1S/C9H19ClN4O10P2/c10-3-5-14(13-18)8(16)12-6-7(15)11-4-1-2-9(17,25(19,20)21)26(22,23)24/h17H,1-6H2,(H,11,15)(H,12,16)(H2,19,20,21)(H2,22,23,24). The predicted octanol–water partition coefficient (Wildman–Crippen LogP) is -1.18. The van der Waals surface area contributed by atoms with Crippen molar-refractivity contribution in [2.45, 2.75) is 17.9 Å². The van der Waals surface area contributed by atoms with Gasteiger partial charge < -0.3 is 35.3 Å². The van der Waals surface area contributed by atoms with Crippen molar-refractivity contribution in [3.8, 4) is 0 Å². The maximum atomic E-state index is 11.5. The van der Waals surface area contributed by atoms with Crippen molar-refractivity contribution in [1.29, 1.82) is 0 Å². The van der Waals surface area contributed by atoms with Crippen LogP contribution in [0.5, 0.6) is 0 Å². The van der Waals surface area contributed by atoms with Crippen LogP contribution in [0.25, 0.3) is 0 Å². The summed E-state index contributed by atoms with van der Waals surface area (Å²) < 4.78 is 22.2. The molecule has 0 saturated carbocycles. The number of carbonyl (C=O) groups is 2. The average Bonchev–Trinajstić information content (AvgIpc) is 2.51. The van der Waals surface area contributed by atoms with E-state index in [9.17, 15) is 28.7 Å². The monoisotopic (exact) mass is 440 g/mol. The van der Waals surface area contributed by atoms with Crippen LogP contribution in [0.3, 0.4) is 0 Å². The highest BCUT2D eigenvalue weighted by atomic mass is 35.5. The molecule has 0 bridgehead atoms. The first-order chi connectivity index (χ1) is 11.8. The summed E-state index contributed by atoms with van der Waals surface area (Å²) in [4.78, 5) is 69.0. The van der Waals surface area contributed by atoms with Gasteiger partial charge in [-0.25, -0.2) is 4.79 Å². The van der Waals surface area contributed by atoms with Gasteiger partial charge in [-0.15, -0.1) is 16.5 Å². The van der Waals surface area contributed by atoms with Crippen LogP contribution < -0.4 is 10.6 Å². The quantitative estimate of drug-likeness (QED) is 0.0668. The first kappa shape index (κ1) is 24.9. The van der Waals surface area contributed by atoms with Gasteiger partial charge in [0, 0.05) is 18.8 Å². The van der Waals surface area contributed by atoms with E-state index in [2.05, 4.69) is 10.6 Å². The summed E-state index contributed by atoms with van der Waals surface area (Å²) in [6.45, 7) is -1.06. The maximum Gasteiger partial charge on any atom is 0.369 e. The molecule has 0 atom stereocenters. The summed E-state index contributed by atoms with van der Waals surface area (Å²) in [5.41, 5.74) is 0. The third-order valence-corrected chi connectivity index (χ3v) is 7.02. The number of carbonyl (C=O) groups excluding carboxylic acids is 2. The zero-order valence-electron chi connectivity index (χ0n) is 13.2. The number of nitrogens with zero attached hydrogens (tertiary/aromatic N) is 2. The van der Waals surface area contributed by atoms with Crippen LogP contribution in [0, 0.1) is 4.91 Å². The van der Waals surface area contributed by atoms with Gasteiger partial charge in [0.05, 0.1) is 18.4 Å². The van der Waals surface area contributed by atoms with Gasteiger partial charge in [0.25, 0.3) is 5.08 Å². The predicted molar refractivity (Wildman–Crippen MR) is 87.9 cm³/mol. The Balaban J connectivity index is 4.42. The number of urea groups is 1. The largest absolute Gasteiger partial charge is 0.369 e. The first-order valence-corrected chi connectivity index (χ1v) is 10.6. The molecule has 0 unspecified atom stereocenters. The Labute approximate surface area is 152 Å². The van der Waals surface area contributed by atoms with Crippen molar-refractivity contribution in [1.82, 2.24) is 15.6 Å². The number of halogens is 1. The molecule has 0 heterocycles. The molecule has 0 rings (SSSR count). The van der Waals surface area contributed by atoms with Gasteiger partial charge in [0.1, 0.15) is 0 Å². The lowest BCUT2D eigenvalue weighted by molar-refractivity contribution is -0.120. The second-order valence-corrected chi connectivity index (χ2v) is 9.25. The highest BCUT2D eigenvalue weighted by molar-refractivity contribution is 7.72. The maximum absolute atomic E-state index is 11.5. The molecular weight excluding hydrogens is 422 g/mol. The first-order valence-electron chi connectivity index (χ1n) is 6.85.